The number of carboxylic acids is 1. The Balaban J connectivity index is 1.48. The largest absolute Gasteiger partial charge is 0.481 e. The van der Waals surface area contributed by atoms with Crippen molar-refractivity contribution in [1.82, 2.24) is 20.2 Å². The highest BCUT2D eigenvalue weighted by Crippen LogP contribution is 2.17. The normalized spacial score (nSPS) is 14.0. The number of carboxylic acid groups (broad SMARTS) is 1. The first-order valence-electron chi connectivity index (χ1n) is 8.53. The van der Waals surface area contributed by atoms with Gasteiger partial charge in [-0.15, -0.1) is 0 Å². The van der Waals surface area contributed by atoms with Crippen LogP contribution in [-0.4, -0.2) is 65.3 Å². The van der Waals surface area contributed by atoms with Crippen LogP contribution in [-0.2, 0) is 6.54 Å². The van der Waals surface area contributed by atoms with Crippen LogP contribution >= 0.6 is 0 Å². The van der Waals surface area contributed by atoms with Gasteiger partial charge in [-0.1, -0.05) is 12.1 Å². The van der Waals surface area contributed by atoms with Gasteiger partial charge >= 0.3 is 12.0 Å². The van der Waals surface area contributed by atoms with Crippen LogP contribution in [0.5, 0.6) is 5.88 Å². The van der Waals surface area contributed by atoms with Crippen molar-refractivity contribution in [2.24, 2.45) is 0 Å². The molecule has 2 amide bonds. The van der Waals surface area contributed by atoms with Gasteiger partial charge in [-0.2, -0.15) is 0 Å². The van der Waals surface area contributed by atoms with Crippen molar-refractivity contribution in [1.29, 1.82) is 0 Å². The van der Waals surface area contributed by atoms with E-state index in [-0.39, 0.29) is 11.6 Å². The molecule has 142 valence electrons. The average molecular weight is 371 g/mol. The monoisotopic (exact) mass is 371 g/mol. The number of piperazine rings is 1. The number of nitrogens with zero attached hydrogens (tertiary/aromatic N) is 4. The quantitative estimate of drug-likeness (QED) is 0.813. The van der Waals surface area contributed by atoms with Gasteiger partial charge in [-0.25, -0.2) is 19.6 Å². The number of benzene rings is 1. The molecule has 3 rings (SSSR count). The number of hydrogen-bond acceptors (Lipinski definition) is 6. The minimum atomic E-state index is -0.968. The molecule has 1 aromatic carbocycles. The standard InChI is InChI=1S/C18H21N5O4/c1-27-16-10-15(20-12-21-16)22-6-8-23(9-7-22)18(26)19-11-13-2-4-14(5-3-13)17(24)25/h2-5,10,12H,6-9,11H2,1H3,(H,19,26)(H,24,25). The number of carbonyl (C=O) groups excluding carboxylic acids is 1. The number of methoxy groups -OCH3 is 1. The van der Waals surface area contributed by atoms with E-state index in [1.807, 2.05) is 0 Å². The summed E-state index contributed by atoms with van der Waals surface area (Å²) in [6, 6.07) is 8.08. The van der Waals surface area contributed by atoms with Crippen LogP contribution in [0.3, 0.4) is 0 Å². The lowest BCUT2D eigenvalue weighted by atomic mass is 10.1. The number of hydrogen-bond donors (Lipinski definition) is 2. The molecule has 1 saturated heterocycles. The molecule has 1 aliphatic rings. The van der Waals surface area contributed by atoms with Crippen LogP contribution in [0.2, 0.25) is 0 Å². The Bertz CT molecular complexity index is 804. The fourth-order valence-electron chi connectivity index (χ4n) is 2.81. The molecular formula is C18H21N5O4. The van der Waals surface area contributed by atoms with Gasteiger partial charge in [0.1, 0.15) is 12.1 Å². The number of urea groups is 1. The molecular weight excluding hydrogens is 350 g/mol. The predicted octanol–water partition coefficient (Wildman–Crippen LogP) is 1.22. The van der Waals surface area contributed by atoms with Crippen LogP contribution < -0.4 is 15.0 Å². The van der Waals surface area contributed by atoms with Gasteiger partial charge in [0.15, 0.2) is 0 Å². The summed E-state index contributed by atoms with van der Waals surface area (Å²) in [5, 5.41) is 11.8. The first-order chi connectivity index (χ1) is 13.1. The van der Waals surface area contributed by atoms with Gasteiger partial charge in [0.25, 0.3) is 0 Å². The molecule has 0 saturated carbocycles. The Morgan fingerprint density at radius 3 is 2.48 bits per heavy atom. The second-order valence-electron chi connectivity index (χ2n) is 6.05. The van der Waals surface area contributed by atoms with E-state index >= 15 is 0 Å². The molecule has 1 aromatic heterocycles. The summed E-state index contributed by atoms with van der Waals surface area (Å²) >= 11 is 0. The van der Waals surface area contributed by atoms with E-state index in [0.29, 0.717) is 38.6 Å². The Kier molecular flexibility index (Phi) is 5.70. The molecule has 9 heteroatoms. The third-order valence-corrected chi connectivity index (χ3v) is 4.37. The minimum Gasteiger partial charge on any atom is -0.481 e. The van der Waals surface area contributed by atoms with Crippen molar-refractivity contribution >= 4 is 17.8 Å². The minimum absolute atomic E-state index is 0.141. The van der Waals surface area contributed by atoms with Gasteiger partial charge in [-0.05, 0) is 17.7 Å². The Labute approximate surface area is 156 Å². The Morgan fingerprint density at radius 1 is 1.15 bits per heavy atom. The molecule has 27 heavy (non-hydrogen) atoms. The van der Waals surface area contributed by atoms with Crippen molar-refractivity contribution < 1.29 is 19.4 Å². The van der Waals surface area contributed by atoms with E-state index in [1.165, 1.54) is 18.5 Å². The first-order valence-corrected chi connectivity index (χ1v) is 8.53. The van der Waals surface area contributed by atoms with Crippen molar-refractivity contribution in [3.05, 3.63) is 47.8 Å². The fourth-order valence-corrected chi connectivity index (χ4v) is 2.81. The van der Waals surface area contributed by atoms with Gasteiger partial charge in [0, 0.05) is 38.8 Å². The third kappa shape index (κ3) is 4.63. The number of ether oxygens (including phenoxy) is 1. The summed E-state index contributed by atoms with van der Waals surface area (Å²) in [4.78, 5) is 35.3. The molecule has 0 radical (unpaired) electrons. The van der Waals surface area contributed by atoms with E-state index in [4.69, 9.17) is 9.84 Å². The Morgan fingerprint density at radius 2 is 1.85 bits per heavy atom. The number of aromatic carboxylic acids is 1. The molecule has 2 heterocycles. The highest BCUT2D eigenvalue weighted by atomic mass is 16.5. The number of rotatable bonds is 5. The topological polar surface area (TPSA) is 108 Å². The SMILES string of the molecule is COc1cc(N2CCN(C(=O)NCc3ccc(C(=O)O)cc3)CC2)ncn1. The molecule has 1 fully saturated rings. The van der Waals surface area contributed by atoms with Crippen LogP contribution in [0.4, 0.5) is 10.6 Å². The predicted molar refractivity (Wildman–Crippen MR) is 98.0 cm³/mol. The number of anilines is 1. The molecule has 0 atom stereocenters. The number of nitrogens with one attached hydrogen (secondary N) is 1. The van der Waals surface area contributed by atoms with Gasteiger partial charge in [-0.3, -0.25) is 0 Å². The third-order valence-electron chi connectivity index (χ3n) is 4.37. The fraction of sp³-hybridized carbons (Fsp3) is 0.333. The number of carbonyl (C=O) groups is 2. The van der Waals surface area contributed by atoms with Crippen molar-refractivity contribution in [2.75, 3.05) is 38.2 Å². The van der Waals surface area contributed by atoms with Crippen LogP contribution in [0.25, 0.3) is 0 Å². The van der Waals surface area contributed by atoms with E-state index in [2.05, 4.69) is 20.2 Å². The molecule has 1 aliphatic heterocycles. The summed E-state index contributed by atoms with van der Waals surface area (Å²) in [5.41, 5.74) is 1.07. The number of aromatic nitrogens is 2. The maximum Gasteiger partial charge on any atom is 0.335 e. The Hall–Kier alpha value is -3.36. The smallest absolute Gasteiger partial charge is 0.335 e. The zero-order valence-electron chi connectivity index (χ0n) is 15.0. The zero-order valence-corrected chi connectivity index (χ0v) is 15.0. The second-order valence-corrected chi connectivity index (χ2v) is 6.05. The van der Waals surface area contributed by atoms with Gasteiger partial charge in [0.2, 0.25) is 5.88 Å². The highest BCUT2D eigenvalue weighted by Gasteiger charge is 2.22. The maximum atomic E-state index is 12.3. The molecule has 2 N–H and O–H groups in total. The van der Waals surface area contributed by atoms with Crippen molar-refractivity contribution in [2.45, 2.75) is 6.54 Å². The van der Waals surface area contributed by atoms with Crippen LogP contribution in [0.1, 0.15) is 15.9 Å². The van der Waals surface area contributed by atoms with Crippen molar-refractivity contribution in [3.8, 4) is 5.88 Å². The lowest BCUT2D eigenvalue weighted by Gasteiger charge is -2.35. The van der Waals surface area contributed by atoms with Gasteiger partial charge in [0.05, 0.1) is 12.7 Å². The lowest BCUT2D eigenvalue weighted by Crippen LogP contribution is -2.51. The zero-order chi connectivity index (χ0) is 19.2. The highest BCUT2D eigenvalue weighted by molar-refractivity contribution is 5.87. The first kappa shape index (κ1) is 18.4. The average Bonchev–Trinajstić information content (AvgIpc) is 2.72. The van der Waals surface area contributed by atoms with E-state index < -0.39 is 5.97 Å². The molecule has 2 aromatic rings. The van der Waals surface area contributed by atoms with E-state index in [1.54, 1.807) is 30.2 Å². The summed E-state index contributed by atoms with van der Waals surface area (Å²) < 4.78 is 5.11. The second kappa shape index (κ2) is 8.35. The van der Waals surface area contributed by atoms with Crippen molar-refractivity contribution in [3.63, 3.8) is 0 Å². The lowest BCUT2D eigenvalue weighted by molar-refractivity contribution is 0.0697. The van der Waals surface area contributed by atoms with Gasteiger partial charge < -0.3 is 25.0 Å². The van der Waals surface area contributed by atoms with E-state index in [9.17, 15) is 9.59 Å². The molecule has 0 unspecified atom stereocenters. The summed E-state index contributed by atoms with van der Waals surface area (Å²) in [6.45, 7) is 2.84. The van der Waals surface area contributed by atoms with Crippen LogP contribution in [0, 0.1) is 0 Å². The van der Waals surface area contributed by atoms with E-state index in [0.717, 1.165) is 11.4 Å². The summed E-state index contributed by atoms with van der Waals surface area (Å²) in [7, 11) is 1.56. The molecule has 9 nitrogen and oxygen atoms in total. The molecule has 0 bridgehead atoms. The van der Waals surface area contributed by atoms with Crippen LogP contribution in [0.15, 0.2) is 36.7 Å². The summed E-state index contributed by atoms with van der Waals surface area (Å²) in [6.07, 6.45) is 1.46. The molecule has 0 aliphatic carbocycles. The number of amides is 2. The maximum absolute atomic E-state index is 12.3. The molecule has 0 spiro atoms. The summed E-state index contributed by atoms with van der Waals surface area (Å²) in [5.74, 6) is 0.319.